The lowest BCUT2D eigenvalue weighted by Gasteiger charge is -2.25. The van der Waals surface area contributed by atoms with Crippen LogP contribution < -0.4 is 11.3 Å². The Morgan fingerprint density at radius 3 is 2.70 bits per heavy atom. The van der Waals surface area contributed by atoms with Crippen molar-refractivity contribution in [3.8, 4) is 0 Å². The van der Waals surface area contributed by atoms with E-state index in [0.717, 1.165) is 5.56 Å². The van der Waals surface area contributed by atoms with Gasteiger partial charge >= 0.3 is 0 Å². The number of nitrogens with two attached hydrogens (primary N) is 1. The van der Waals surface area contributed by atoms with Crippen molar-refractivity contribution in [3.05, 3.63) is 29.3 Å². The Labute approximate surface area is 121 Å². The number of hydrazine groups is 1. The molecule has 5 nitrogen and oxygen atoms in total. The van der Waals surface area contributed by atoms with E-state index < -0.39 is 0 Å². The van der Waals surface area contributed by atoms with Crippen molar-refractivity contribution in [1.82, 2.24) is 4.90 Å². The van der Waals surface area contributed by atoms with Gasteiger partial charge in [-0.15, -0.1) is 0 Å². The SMILES string of the molecule is COCCN(CC(C)C)C(=O)c1ccc(C)cc1NN. The van der Waals surface area contributed by atoms with Crippen molar-refractivity contribution in [3.63, 3.8) is 0 Å². The van der Waals surface area contributed by atoms with E-state index in [1.54, 1.807) is 12.0 Å². The average molecular weight is 279 g/mol. The van der Waals surface area contributed by atoms with E-state index >= 15 is 0 Å². The molecule has 0 spiro atoms. The third kappa shape index (κ3) is 4.51. The largest absolute Gasteiger partial charge is 0.383 e. The Morgan fingerprint density at radius 1 is 1.45 bits per heavy atom. The second-order valence-corrected chi connectivity index (χ2v) is 5.33. The lowest BCUT2D eigenvalue weighted by molar-refractivity contribution is 0.0673. The second-order valence-electron chi connectivity index (χ2n) is 5.33. The maximum Gasteiger partial charge on any atom is 0.256 e. The van der Waals surface area contributed by atoms with Gasteiger partial charge in [-0.2, -0.15) is 0 Å². The molecule has 0 heterocycles. The summed E-state index contributed by atoms with van der Waals surface area (Å²) < 4.78 is 5.08. The molecule has 0 unspecified atom stereocenters. The number of hydrogen-bond donors (Lipinski definition) is 2. The molecule has 0 aliphatic carbocycles. The smallest absolute Gasteiger partial charge is 0.256 e. The molecule has 0 saturated heterocycles. The number of ether oxygens (including phenoxy) is 1. The fourth-order valence-corrected chi connectivity index (χ4v) is 2.05. The normalized spacial score (nSPS) is 10.7. The lowest BCUT2D eigenvalue weighted by atomic mass is 10.1. The standard InChI is InChI=1S/C15H25N3O2/c1-11(2)10-18(7-8-20-4)15(19)13-6-5-12(3)9-14(13)17-16/h5-6,9,11,17H,7-8,10,16H2,1-4H3. The molecule has 5 heteroatoms. The highest BCUT2D eigenvalue weighted by molar-refractivity contribution is 5.99. The third-order valence-electron chi connectivity index (χ3n) is 3.00. The van der Waals surface area contributed by atoms with Crippen LogP contribution in [-0.4, -0.2) is 37.6 Å². The zero-order valence-corrected chi connectivity index (χ0v) is 12.8. The van der Waals surface area contributed by atoms with E-state index in [-0.39, 0.29) is 5.91 Å². The summed E-state index contributed by atoms with van der Waals surface area (Å²) in [4.78, 5) is 14.5. The topological polar surface area (TPSA) is 67.6 Å². The van der Waals surface area contributed by atoms with Crippen LogP contribution in [0.15, 0.2) is 18.2 Å². The summed E-state index contributed by atoms with van der Waals surface area (Å²) in [6.45, 7) is 7.93. The van der Waals surface area contributed by atoms with Gasteiger partial charge in [0.25, 0.3) is 5.91 Å². The fourth-order valence-electron chi connectivity index (χ4n) is 2.05. The van der Waals surface area contributed by atoms with E-state index in [9.17, 15) is 4.79 Å². The van der Waals surface area contributed by atoms with Crippen molar-refractivity contribution in [2.75, 3.05) is 32.2 Å². The predicted octanol–water partition coefficient (Wildman–Crippen LogP) is 2.03. The van der Waals surface area contributed by atoms with Gasteiger partial charge in [-0.1, -0.05) is 19.9 Å². The molecule has 0 saturated carbocycles. The summed E-state index contributed by atoms with van der Waals surface area (Å²) in [6, 6.07) is 5.60. The van der Waals surface area contributed by atoms with Crippen LogP contribution in [0.2, 0.25) is 0 Å². The van der Waals surface area contributed by atoms with Gasteiger partial charge in [-0.3, -0.25) is 10.6 Å². The highest BCUT2D eigenvalue weighted by Gasteiger charge is 2.19. The summed E-state index contributed by atoms with van der Waals surface area (Å²) >= 11 is 0. The minimum Gasteiger partial charge on any atom is -0.383 e. The molecule has 0 fully saturated rings. The van der Waals surface area contributed by atoms with E-state index in [0.29, 0.717) is 36.9 Å². The van der Waals surface area contributed by atoms with E-state index in [4.69, 9.17) is 10.6 Å². The maximum absolute atomic E-state index is 12.7. The van der Waals surface area contributed by atoms with Crippen LogP contribution in [0.3, 0.4) is 0 Å². The molecule has 3 N–H and O–H groups in total. The van der Waals surface area contributed by atoms with E-state index in [1.165, 1.54) is 0 Å². The zero-order valence-electron chi connectivity index (χ0n) is 12.8. The highest BCUT2D eigenvalue weighted by atomic mass is 16.5. The van der Waals surface area contributed by atoms with Crippen LogP contribution in [0.5, 0.6) is 0 Å². The Balaban J connectivity index is 2.98. The third-order valence-corrected chi connectivity index (χ3v) is 3.00. The number of nitrogens with one attached hydrogen (secondary N) is 1. The molecule has 0 aliphatic rings. The molecule has 20 heavy (non-hydrogen) atoms. The van der Waals surface area contributed by atoms with Crippen LogP contribution in [-0.2, 0) is 4.74 Å². The number of methoxy groups -OCH3 is 1. The number of aryl methyl sites for hydroxylation is 1. The van der Waals surface area contributed by atoms with Crippen LogP contribution in [0, 0.1) is 12.8 Å². The number of hydrogen-bond acceptors (Lipinski definition) is 4. The Hall–Kier alpha value is -1.59. The Morgan fingerprint density at radius 2 is 2.15 bits per heavy atom. The Bertz CT molecular complexity index is 447. The van der Waals surface area contributed by atoms with Gasteiger partial charge in [-0.05, 0) is 30.5 Å². The first-order valence-electron chi connectivity index (χ1n) is 6.85. The minimum absolute atomic E-state index is 0.0244. The van der Waals surface area contributed by atoms with Gasteiger partial charge < -0.3 is 15.1 Å². The van der Waals surface area contributed by atoms with Gasteiger partial charge in [-0.25, -0.2) is 0 Å². The summed E-state index contributed by atoms with van der Waals surface area (Å²) in [5.74, 6) is 5.89. The Kier molecular flexibility index (Phi) is 6.48. The molecule has 0 aromatic heterocycles. The number of amides is 1. The molecule has 1 rings (SSSR count). The van der Waals surface area contributed by atoms with Crippen molar-refractivity contribution in [2.24, 2.45) is 11.8 Å². The van der Waals surface area contributed by atoms with Crippen molar-refractivity contribution in [1.29, 1.82) is 0 Å². The lowest BCUT2D eigenvalue weighted by Crippen LogP contribution is -2.37. The molecular formula is C15H25N3O2. The molecule has 1 aromatic rings. The van der Waals surface area contributed by atoms with Gasteiger partial charge in [0.2, 0.25) is 0 Å². The summed E-state index contributed by atoms with van der Waals surface area (Å²) in [7, 11) is 1.64. The summed E-state index contributed by atoms with van der Waals surface area (Å²) in [5.41, 5.74) is 4.91. The number of benzene rings is 1. The number of nitrogen functional groups attached to an aromatic ring is 1. The van der Waals surface area contributed by atoms with E-state index in [1.807, 2.05) is 25.1 Å². The van der Waals surface area contributed by atoms with Crippen molar-refractivity contribution in [2.45, 2.75) is 20.8 Å². The molecule has 112 valence electrons. The molecule has 1 amide bonds. The zero-order chi connectivity index (χ0) is 15.1. The fraction of sp³-hybridized carbons (Fsp3) is 0.533. The first-order valence-corrected chi connectivity index (χ1v) is 6.85. The summed E-state index contributed by atoms with van der Waals surface area (Å²) in [6.07, 6.45) is 0. The molecule has 1 aromatic carbocycles. The van der Waals surface area contributed by atoms with Gasteiger partial charge in [0.15, 0.2) is 0 Å². The second kappa shape index (κ2) is 7.87. The molecule has 0 aliphatic heterocycles. The van der Waals surface area contributed by atoms with E-state index in [2.05, 4.69) is 19.3 Å². The van der Waals surface area contributed by atoms with Crippen molar-refractivity contribution < 1.29 is 9.53 Å². The predicted molar refractivity (Wildman–Crippen MR) is 81.6 cm³/mol. The first kappa shape index (κ1) is 16.5. The number of carbonyl (C=O) groups is 1. The number of nitrogens with zero attached hydrogens (tertiary/aromatic N) is 1. The minimum atomic E-state index is -0.0244. The van der Waals surface area contributed by atoms with Crippen molar-refractivity contribution >= 4 is 11.6 Å². The molecular weight excluding hydrogens is 254 g/mol. The summed E-state index contributed by atoms with van der Waals surface area (Å²) in [5, 5.41) is 0. The molecule has 0 bridgehead atoms. The average Bonchev–Trinajstić information content (AvgIpc) is 2.42. The van der Waals surface area contributed by atoms with Gasteiger partial charge in [0.1, 0.15) is 0 Å². The maximum atomic E-state index is 12.7. The number of carbonyl (C=O) groups excluding carboxylic acids is 1. The first-order chi connectivity index (χ1) is 9.49. The van der Waals surface area contributed by atoms with Crippen LogP contribution >= 0.6 is 0 Å². The monoisotopic (exact) mass is 279 g/mol. The quantitative estimate of drug-likeness (QED) is 0.592. The molecule has 0 radical (unpaired) electrons. The van der Waals surface area contributed by atoms with Gasteiger partial charge in [0, 0.05) is 20.2 Å². The molecule has 0 atom stereocenters. The van der Waals surface area contributed by atoms with Crippen LogP contribution in [0.1, 0.15) is 29.8 Å². The highest BCUT2D eigenvalue weighted by Crippen LogP contribution is 2.19. The van der Waals surface area contributed by atoms with Crippen LogP contribution in [0.25, 0.3) is 0 Å². The number of anilines is 1. The number of rotatable bonds is 7. The van der Waals surface area contributed by atoms with Gasteiger partial charge in [0.05, 0.1) is 17.9 Å². The van der Waals surface area contributed by atoms with Crippen LogP contribution in [0.4, 0.5) is 5.69 Å².